The van der Waals surface area contributed by atoms with Crippen molar-refractivity contribution < 1.29 is 4.79 Å². The van der Waals surface area contributed by atoms with Crippen LogP contribution in [-0.4, -0.2) is 10.9 Å². The number of hydrogen-bond acceptors (Lipinski definition) is 2. The molecule has 1 atom stereocenters. The van der Waals surface area contributed by atoms with E-state index in [1.54, 1.807) is 6.07 Å². The van der Waals surface area contributed by atoms with Gasteiger partial charge in [0.25, 0.3) is 0 Å². The molecule has 1 rings (SSSR count). The second kappa shape index (κ2) is 6.58. The number of nitrogens with zero attached hydrogens (tertiary/aromatic N) is 1. The molecule has 1 N–H and O–H groups in total. The molecule has 0 fully saturated rings. The van der Waals surface area contributed by atoms with Gasteiger partial charge in [0.05, 0.1) is 10.0 Å². The van der Waals surface area contributed by atoms with Crippen molar-refractivity contribution in [1.82, 2.24) is 4.98 Å². The summed E-state index contributed by atoms with van der Waals surface area (Å²) in [7, 11) is 0. The fourth-order valence-corrected chi connectivity index (χ4v) is 2.55. The molecule has 0 aliphatic carbocycles. The maximum absolute atomic E-state index is 11.9. The highest BCUT2D eigenvalue weighted by molar-refractivity contribution is 6.36. The molecule has 3 nitrogen and oxygen atoms in total. The van der Waals surface area contributed by atoms with E-state index in [0.29, 0.717) is 28.2 Å². The predicted octanol–water partition coefficient (Wildman–Crippen LogP) is 4.79. The SMILES string of the molecule is C[C@@H](CC(=O)Nc1ncc(Cl)cc1Cl)CC(C)(C)C. The van der Waals surface area contributed by atoms with E-state index in [9.17, 15) is 4.79 Å². The highest BCUT2D eigenvalue weighted by Gasteiger charge is 2.18. The molecular weight excluding hydrogens is 283 g/mol. The Labute approximate surface area is 124 Å². The second-order valence-corrected chi connectivity index (χ2v) is 6.95. The van der Waals surface area contributed by atoms with Crippen molar-refractivity contribution in [2.24, 2.45) is 11.3 Å². The lowest BCUT2D eigenvalue weighted by molar-refractivity contribution is -0.117. The van der Waals surface area contributed by atoms with E-state index in [2.05, 4.69) is 38.0 Å². The Hall–Kier alpha value is -0.800. The standard InChI is InChI=1S/C14H20Cl2N2O/c1-9(7-14(2,3)4)5-12(19)18-13-11(16)6-10(15)8-17-13/h6,8-9H,5,7H2,1-4H3,(H,17,18,19)/t9-/m0/s1. The Bertz CT molecular complexity index is 455. The van der Waals surface area contributed by atoms with E-state index in [0.717, 1.165) is 6.42 Å². The lowest BCUT2D eigenvalue weighted by atomic mass is 9.84. The van der Waals surface area contributed by atoms with Gasteiger partial charge in [-0.3, -0.25) is 4.79 Å². The number of aromatic nitrogens is 1. The first-order chi connectivity index (χ1) is 8.67. The Balaban J connectivity index is 2.56. The van der Waals surface area contributed by atoms with Crippen LogP contribution in [0.2, 0.25) is 10.0 Å². The summed E-state index contributed by atoms with van der Waals surface area (Å²) < 4.78 is 0. The monoisotopic (exact) mass is 302 g/mol. The van der Waals surface area contributed by atoms with Crippen LogP contribution in [-0.2, 0) is 4.79 Å². The van der Waals surface area contributed by atoms with Crippen molar-refractivity contribution in [3.05, 3.63) is 22.3 Å². The third-order valence-electron chi connectivity index (χ3n) is 2.56. The van der Waals surface area contributed by atoms with Gasteiger partial charge in [-0.25, -0.2) is 4.98 Å². The average molecular weight is 303 g/mol. The smallest absolute Gasteiger partial charge is 0.225 e. The van der Waals surface area contributed by atoms with E-state index in [1.807, 2.05) is 0 Å². The third kappa shape index (κ3) is 6.26. The number of rotatable bonds is 4. The van der Waals surface area contributed by atoms with Gasteiger partial charge in [0.2, 0.25) is 5.91 Å². The molecule has 0 aromatic carbocycles. The van der Waals surface area contributed by atoms with E-state index < -0.39 is 0 Å². The number of anilines is 1. The first kappa shape index (κ1) is 16.3. The number of hydrogen-bond donors (Lipinski definition) is 1. The highest BCUT2D eigenvalue weighted by atomic mass is 35.5. The van der Waals surface area contributed by atoms with Crippen LogP contribution >= 0.6 is 23.2 Å². The molecule has 0 unspecified atom stereocenters. The Morgan fingerprint density at radius 3 is 2.58 bits per heavy atom. The average Bonchev–Trinajstić information content (AvgIpc) is 2.19. The zero-order valence-corrected chi connectivity index (χ0v) is 13.3. The number of nitrogens with one attached hydrogen (secondary N) is 1. The van der Waals surface area contributed by atoms with E-state index in [1.165, 1.54) is 6.20 Å². The molecule has 0 saturated carbocycles. The van der Waals surface area contributed by atoms with Crippen LogP contribution in [0.25, 0.3) is 0 Å². The van der Waals surface area contributed by atoms with Crippen LogP contribution in [0.5, 0.6) is 0 Å². The van der Waals surface area contributed by atoms with Gasteiger partial charge < -0.3 is 5.32 Å². The maximum Gasteiger partial charge on any atom is 0.225 e. The van der Waals surface area contributed by atoms with E-state index in [-0.39, 0.29) is 11.3 Å². The topological polar surface area (TPSA) is 42.0 Å². The minimum absolute atomic E-state index is 0.0755. The van der Waals surface area contributed by atoms with Gasteiger partial charge >= 0.3 is 0 Å². The molecular formula is C14H20Cl2N2O. The molecule has 1 amide bonds. The number of pyridine rings is 1. The summed E-state index contributed by atoms with van der Waals surface area (Å²) in [5, 5.41) is 3.51. The zero-order valence-electron chi connectivity index (χ0n) is 11.8. The number of carbonyl (C=O) groups is 1. The Kier molecular flexibility index (Phi) is 5.63. The molecule has 0 aliphatic rings. The summed E-state index contributed by atoms with van der Waals surface area (Å²) in [6.45, 7) is 8.57. The fraction of sp³-hybridized carbons (Fsp3) is 0.571. The van der Waals surface area contributed by atoms with Gasteiger partial charge in [0.1, 0.15) is 0 Å². The fourth-order valence-electron chi connectivity index (χ4n) is 2.12. The van der Waals surface area contributed by atoms with Crippen LogP contribution < -0.4 is 5.32 Å². The summed E-state index contributed by atoms with van der Waals surface area (Å²) in [6.07, 6.45) is 2.90. The van der Waals surface area contributed by atoms with Crippen LogP contribution in [0.3, 0.4) is 0 Å². The zero-order chi connectivity index (χ0) is 14.6. The summed E-state index contributed by atoms with van der Waals surface area (Å²) in [5.74, 6) is 0.596. The van der Waals surface area contributed by atoms with Crippen LogP contribution in [0.1, 0.15) is 40.5 Å². The van der Waals surface area contributed by atoms with Gasteiger partial charge in [-0.15, -0.1) is 0 Å². The normalized spacial score (nSPS) is 13.2. The predicted molar refractivity (Wildman–Crippen MR) is 80.7 cm³/mol. The van der Waals surface area contributed by atoms with Gasteiger partial charge in [-0.05, 0) is 23.8 Å². The molecule has 1 heterocycles. The summed E-state index contributed by atoms with van der Waals surface area (Å²) in [4.78, 5) is 15.9. The van der Waals surface area contributed by atoms with Crippen LogP contribution in [0.15, 0.2) is 12.3 Å². The molecule has 0 aliphatic heterocycles. The lowest BCUT2D eigenvalue weighted by Crippen LogP contribution is -2.19. The van der Waals surface area contributed by atoms with Gasteiger partial charge in [-0.2, -0.15) is 0 Å². The van der Waals surface area contributed by atoms with Crippen molar-refractivity contribution >= 4 is 34.9 Å². The second-order valence-electron chi connectivity index (χ2n) is 6.11. The van der Waals surface area contributed by atoms with Crippen molar-refractivity contribution in [2.45, 2.75) is 40.5 Å². The summed E-state index contributed by atoms with van der Waals surface area (Å²) >= 11 is 11.7. The Morgan fingerprint density at radius 2 is 2.05 bits per heavy atom. The minimum Gasteiger partial charge on any atom is -0.309 e. The van der Waals surface area contributed by atoms with Crippen LogP contribution in [0.4, 0.5) is 5.82 Å². The summed E-state index contributed by atoms with van der Waals surface area (Å²) in [6, 6.07) is 1.56. The molecule has 0 radical (unpaired) electrons. The van der Waals surface area contributed by atoms with Gasteiger partial charge in [-0.1, -0.05) is 50.9 Å². The first-order valence-electron chi connectivity index (χ1n) is 6.28. The molecule has 1 aromatic heterocycles. The third-order valence-corrected chi connectivity index (χ3v) is 3.06. The summed E-state index contributed by atoms with van der Waals surface area (Å²) in [5.41, 5.74) is 0.218. The molecule has 19 heavy (non-hydrogen) atoms. The highest BCUT2D eigenvalue weighted by Crippen LogP contribution is 2.27. The largest absolute Gasteiger partial charge is 0.309 e. The molecule has 1 aromatic rings. The molecule has 0 bridgehead atoms. The van der Waals surface area contributed by atoms with Crippen molar-refractivity contribution in [3.63, 3.8) is 0 Å². The van der Waals surface area contributed by atoms with Crippen molar-refractivity contribution in [3.8, 4) is 0 Å². The van der Waals surface area contributed by atoms with Gasteiger partial charge in [0, 0.05) is 12.6 Å². The number of amides is 1. The van der Waals surface area contributed by atoms with Crippen LogP contribution in [0, 0.1) is 11.3 Å². The maximum atomic E-state index is 11.9. The molecule has 0 spiro atoms. The molecule has 5 heteroatoms. The van der Waals surface area contributed by atoms with Crippen molar-refractivity contribution in [1.29, 1.82) is 0 Å². The van der Waals surface area contributed by atoms with Gasteiger partial charge in [0.15, 0.2) is 5.82 Å². The quantitative estimate of drug-likeness (QED) is 0.869. The molecule has 0 saturated heterocycles. The number of halogens is 2. The van der Waals surface area contributed by atoms with Crippen molar-refractivity contribution in [2.75, 3.05) is 5.32 Å². The minimum atomic E-state index is -0.0755. The first-order valence-corrected chi connectivity index (χ1v) is 7.04. The lowest BCUT2D eigenvalue weighted by Gasteiger charge is -2.22. The molecule has 106 valence electrons. The Morgan fingerprint density at radius 1 is 1.42 bits per heavy atom. The van der Waals surface area contributed by atoms with E-state index in [4.69, 9.17) is 23.2 Å². The van der Waals surface area contributed by atoms with E-state index >= 15 is 0 Å². The number of carbonyl (C=O) groups excluding carboxylic acids is 1.